The molecule has 120 valence electrons. The minimum Gasteiger partial charge on any atom is -0.358 e. The Bertz CT molecular complexity index is 724. The van der Waals surface area contributed by atoms with E-state index < -0.39 is 5.82 Å². The van der Waals surface area contributed by atoms with Gasteiger partial charge in [0.2, 0.25) is 12.8 Å². The standard InChI is InChI=1S/C16H15ClFN3O2/c1-10(7-19-8-22)13-6-14(17)15(21-16(13)20-9-23)11-3-2-4-12(18)5-11/h2-6,8-10H,7H2,1H3,(H,19,22)(H,20,21,23). The van der Waals surface area contributed by atoms with Crippen molar-refractivity contribution in [2.75, 3.05) is 11.9 Å². The Morgan fingerprint density at radius 1 is 1.30 bits per heavy atom. The third-order valence-electron chi connectivity index (χ3n) is 3.34. The summed E-state index contributed by atoms with van der Waals surface area (Å²) >= 11 is 6.28. The van der Waals surface area contributed by atoms with Gasteiger partial charge in [-0.1, -0.05) is 30.7 Å². The van der Waals surface area contributed by atoms with Crippen molar-refractivity contribution in [1.82, 2.24) is 10.3 Å². The molecule has 7 heteroatoms. The molecule has 0 aliphatic heterocycles. The molecule has 2 rings (SSSR count). The molecule has 0 bridgehead atoms. The van der Waals surface area contributed by atoms with E-state index in [0.29, 0.717) is 47.0 Å². The van der Waals surface area contributed by atoms with E-state index in [2.05, 4.69) is 15.6 Å². The van der Waals surface area contributed by atoms with Crippen LogP contribution in [0.4, 0.5) is 10.2 Å². The number of pyridine rings is 1. The number of aromatic nitrogens is 1. The first kappa shape index (κ1) is 16.9. The molecule has 1 aromatic carbocycles. The van der Waals surface area contributed by atoms with Crippen LogP contribution in [-0.2, 0) is 9.59 Å². The lowest BCUT2D eigenvalue weighted by Crippen LogP contribution is -2.19. The molecule has 0 spiro atoms. The van der Waals surface area contributed by atoms with Crippen LogP contribution in [0.1, 0.15) is 18.4 Å². The second-order valence-electron chi connectivity index (χ2n) is 4.96. The molecule has 1 aromatic heterocycles. The number of amides is 2. The Kier molecular flexibility index (Phi) is 5.65. The number of halogens is 2. The van der Waals surface area contributed by atoms with E-state index in [1.54, 1.807) is 18.2 Å². The summed E-state index contributed by atoms with van der Waals surface area (Å²) in [5.41, 5.74) is 1.56. The smallest absolute Gasteiger partial charge is 0.212 e. The first-order chi connectivity index (χ1) is 11.1. The molecule has 0 saturated heterocycles. The largest absolute Gasteiger partial charge is 0.358 e. The molecular weight excluding hydrogens is 321 g/mol. The monoisotopic (exact) mass is 335 g/mol. The fourth-order valence-electron chi connectivity index (χ4n) is 2.22. The van der Waals surface area contributed by atoms with Crippen LogP contribution in [0.5, 0.6) is 0 Å². The van der Waals surface area contributed by atoms with Crippen LogP contribution in [-0.4, -0.2) is 24.3 Å². The Labute approximate surface area is 137 Å². The molecule has 5 nitrogen and oxygen atoms in total. The Morgan fingerprint density at radius 2 is 2.09 bits per heavy atom. The van der Waals surface area contributed by atoms with Crippen molar-refractivity contribution < 1.29 is 14.0 Å². The number of carbonyl (C=O) groups excluding carboxylic acids is 2. The molecule has 0 aliphatic rings. The van der Waals surface area contributed by atoms with E-state index in [0.717, 1.165) is 0 Å². The summed E-state index contributed by atoms with van der Waals surface area (Å²) in [6.45, 7) is 2.23. The van der Waals surface area contributed by atoms with E-state index in [1.165, 1.54) is 12.1 Å². The summed E-state index contributed by atoms with van der Waals surface area (Å²) in [5, 5.41) is 5.43. The van der Waals surface area contributed by atoms with Crippen molar-refractivity contribution in [2.45, 2.75) is 12.8 Å². The van der Waals surface area contributed by atoms with E-state index in [-0.39, 0.29) is 5.92 Å². The minimum absolute atomic E-state index is 0.116. The highest BCUT2D eigenvalue weighted by atomic mass is 35.5. The van der Waals surface area contributed by atoms with Gasteiger partial charge in [-0.25, -0.2) is 9.37 Å². The van der Waals surface area contributed by atoms with Crippen molar-refractivity contribution in [1.29, 1.82) is 0 Å². The van der Waals surface area contributed by atoms with Crippen LogP contribution in [0, 0.1) is 5.82 Å². The lowest BCUT2D eigenvalue weighted by molar-refractivity contribution is -0.109. The van der Waals surface area contributed by atoms with Crippen molar-refractivity contribution in [3.05, 3.63) is 46.7 Å². The number of hydrogen-bond donors (Lipinski definition) is 2. The highest BCUT2D eigenvalue weighted by molar-refractivity contribution is 6.33. The first-order valence-electron chi connectivity index (χ1n) is 6.90. The molecule has 1 atom stereocenters. The molecule has 0 saturated carbocycles. The van der Waals surface area contributed by atoms with Gasteiger partial charge in [0.1, 0.15) is 11.6 Å². The molecule has 2 aromatic rings. The summed E-state index contributed by atoms with van der Waals surface area (Å²) in [6.07, 6.45) is 1.11. The average molecular weight is 336 g/mol. The van der Waals surface area contributed by atoms with Crippen LogP contribution in [0.2, 0.25) is 5.02 Å². The quantitative estimate of drug-likeness (QED) is 0.764. The summed E-state index contributed by atoms with van der Waals surface area (Å²) in [4.78, 5) is 25.6. The van der Waals surface area contributed by atoms with Crippen molar-refractivity contribution in [3.63, 3.8) is 0 Å². The van der Waals surface area contributed by atoms with Crippen LogP contribution in [0.25, 0.3) is 11.3 Å². The van der Waals surface area contributed by atoms with Gasteiger partial charge in [-0.05, 0) is 18.2 Å². The average Bonchev–Trinajstić information content (AvgIpc) is 2.54. The Hall–Kier alpha value is -2.47. The third kappa shape index (κ3) is 4.04. The summed E-state index contributed by atoms with van der Waals surface area (Å²) in [5.74, 6) is -0.198. The van der Waals surface area contributed by atoms with Crippen molar-refractivity contribution in [2.24, 2.45) is 0 Å². The lowest BCUT2D eigenvalue weighted by atomic mass is 10.00. The molecule has 1 heterocycles. The zero-order valence-electron chi connectivity index (χ0n) is 12.3. The van der Waals surface area contributed by atoms with E-state index in [9.17, 15) is 14.0 Å². The maximum atomic E-state index is 13.4. The van der Waals surface area contributed by atoms with E-state index >= 15 is 0 Å². The van der Waals surface area contributed by atoms with Crippen LogP contribution in [0.3, 0.4) is 0 Å². The molecule has 0 aliphatic carbocycles. The molecule has 0 fully saturated rings. The maximum Gasteiger partial charge on any atom is 0.212 e. The SMILES string of the molecule is CC(CNC=O)c1cc(Cl)c(-c2cccc(F)c2)nc1NC=O. The molecule has 2 amide bonds. The van der Waals surface area contributed by atoms with Gasteiger partial charge in [-0.2, -0.15) is 0 Å². The van der Waals surface area contributed by atoms with Gasteiger partial charge in [0.05, 0.1) is 10.7 Å². The summed E-state index contributed by atoms with van der Waals surface area (Å²) < 4.78 is 13.4. The predicted octanol–water partition coefficient (Wildman–Crippen LogP) is 2.96. The second-order valence-corrected chi connectivity index (χ2v) is 5.36. The van der Waals surface area contributed by atoms with Crippen molar-refractivity contribution in [3.8, 4) is 11.3 Å². The fourth-order valence-corrected chi connectivity index (χ4v) is 2.49. The third-order valence-corrected chi connectivity index (χ3v) is 3.63. The van der Waals surface area contributed by atoms with E-state index in [1.807, 2.05) is 6.92 Å². The maximum absolute atomic E-state index is 13.4. The van der Waals surface area contributed by atoms with Gasteiger partial charge in [0.25, 0.3) is 0 Å². The fraction of sp³-hybridized carbons (Fsp3) is 0.188. The van der Waals surface area contributed by atoms with Gasteiger partial charge in [-0.3, -0.25) is 9.59 Å². The van der Waals surface area contributed by atoms with Crippen LogP contribution in [0.15, 0.2) is 30.3 Å². The van der Waals surface area contributed by atoms with Crippen LogP contribution < -0.4 is 10.6 Å². The molecular formula is C16H15ClFN3O2. The number of anilines is 1. The number of carbonyl (C=O) groups is 2. The van der Waals surface area contributed by atoms with Crippen molar-refractivity contribution >= 4 is 30.2 Å². The topological polar surface area (TPSA) is 71.1 Å². The van der Waals surface area contributed by atoms with Gasteiger partial charge in [-0.15, -0.1) is 0 Å². The molecule has 2 N–H and O–H groups in total. The number of rotatable bonds is 7. The molecule has 0 radical (unpaired) electrons. The number of benzene rings is 1. The zero-order chi connectivity index (χ0) is 16.8. The Morgan fingerprint density at radius 3 is 2.74 bits per heavy atom. The van der Waals surface area contributed by atoms with E-state index in [4.69, 9.17) is 11.6 Å². The molecule has 1 unspecified atom stereocenters. The molecule has 23 heavy (non-hydrogen) atoms. The van der Waals surface area contributed by atoms with Crippen LogP contribution >= 0.6 is 11.6 Å². The highest BCUT2D eigenvalue weighted by Crippen LogP contribution is 2.33. The van der Waals surface area contributed by atoms with Gasteiger partial charge in [0, 0.05) is 23.6 Å². The lowest BCUT2D eigenvalue weighted by Gasteiger charge is -2.17. The first-order valence-corrected chi connectivity index (χ1v) is 7.28. The summed E-state index contributed by atoms with van der Waals surface area (Å²) in [7, 11) is 0. The highest BCUT2D eigenvalue weighted by Gasteiger charge is 2.17. The summed E-state index contributed by atoms with van der Waals surface area (Å²) in [6, 6.07) is 7.54. The van der Waals surface area contributed by atoms with Gasteiger partial charge in [0.15, 0.2) is 0 Å². The number of nitrogens with zero attached hydrogens (tertiary/aromatic N) is 1. The predicted molar refractivity (Wildman–Crippen MR) is 86.8 cm³/mol. The zero-order valence-corrected chi connectivity index (χ0v) is 13.1. The number of hydrogen-bond acceptors (Lipinski definition) is 3. The minimum atomic E-state index is -0.405. The normalized spacial score (nSPS) is 11.6. The second kappa shape index (κ2) is 7.69. The van der Waals surface area contributed by atoms with Gasteiger partial charge >= 0.3 is 0 Å². The Balaban J connectivity index is 2.49. The van der Waals surface area contributed by atoms with Gasteiger partial charge < -0.3 is 10.6 Å². The number of nitrogens with one attached hydrogen (secondary N) is 2.